The zero-order valence-electron chi connectivity index (χ0n) is 36.0. The van der Waals surface area contributed by atoms with E-state index in [1.807, 2.05) is 126 Å². The first kappa shape index (κ1) is 44.7. The predicted molar refractivity (Wildman–Crippen MR) is 234 cm³/mol. The molecule has 0 saturated carbocycles. The number of hydrazine groups is 1. The summed E-state index contributed by atoms with van der Waals surface area (Å²) in [5.41, 5.74) is 8.26. The summed E-state index contributed by atoms with van der Waals surface area (Å²) in [6.07, 6.45) is 2.18. The quantitative estimate of drug-likeness (QED) is 0.0888. The van der Waals surface area contributed by atoms with Crippen LogP contribution in [0.2, 0.25) is 0 Å². The fraction of sp³-hybridized carbons (Fsp3) is 0.447. The van der Waals surface area contributed by atoms with Crippen LogP contribution < -0.4 is 16.1 Å². The standard InChI is InChI=1S/C47H61N9O5/c1-6-32(3)42(56-27-26-53(47(56)61)30-38-17-13-14-34(5)50-38)44(58)51-40(28-35-15-9-8-10-16-35)41(57)31-54(29-36-19-21-37(22-20-36)39-18-11-12-23-48-39)52-45(59)43(33(4)7-2)55-25-24-49-46(55)60/h8-23,32-33,40-43,57H,6-7,24-31H2,1-5H3,(H,49,60)(H,51,58)(H,52,59). The summed E-state index contributed by atoms with van der Waals surface area (Å²) in [4.78, 5) is 69.7. The van der Waals surface area contributed by atoms with Gasteiger partial charge in [-0.05, 0) is 60.6 Å². The summed E-state index contributed by atoms with van der Waals surface area (Å²) < 4.78 is 0. The van der Waals surface area contributed by atoms with Crippen molar-refractivity contribution in [3.05, 3.63) is 120 Å². The van der Waals surface area contributed by atoms with Gasteiger partial charge in [0.05, 0.1) is 30.1 Å². The molecule has 14 heteroatoms. The minimum Gasteiger partial charge on any atom is -0.390 e. The highest BCUT2D eigenvalue weighted by atomic mass is 16.3. The van der Waals surface area contributed by atoms with Crippen LogP contribution in [-0.2, 0) is 29.1 Å². The van der Waals surface area contributed by atoms with Crippen LogP contribution in [0.25, 0.3) is 11.3 Å². The molecule has 0 radical (unpaired) electrons. The van der Waals surface area contributed by atoms with Gasteiger partial charge in [0.25, 0.3) is 5.91 Å². The second kappa shape index (κ2) is 21.1. The Kier molecular flexibility index (Phi) is 15.5. The summed E-state index contributed by atoms with van der Waals surface area (Å²) in [6, 6.07) is 26.1. The molecule has 4 heterocycles. The Balaban J connectivity index is 1.26. The molecule has 14 nitrogen and oxygen atoms in total. The fourth-order valence-corrected chi connectivity index (χ4v) is 8.18. The van der Waals surface area contributed by atoms with Crippen molar-refractivity contribution in [3.63, 3.8) is 0 Å². The molecular formula is C47H61N9O5. The molecule has 6 unspecified atom stereocenters. The van der Waals surface area contributed by atoms with E-state index in [9.17, 15) is 24.3 Å². The topological polar surface area (TPSA) is 163 Å². The lowest BCUT2D eigenvalue weighted by molar-refractivity contribution is -0.134. The minimum absolute atomic E-state index is 0.0567. The van der Waals surface area contributed by atoms with Gasteiger partial charge in [-0.2, -0.15) is 0 Å². The molecule has 0 aliphatic carbocycles. The molecule has 2 aliphatic heterocycles. The summed E-state index contributed by atoms with van der Waals surface area (Å²) in [6.45, 7) is 12.0. The van der Waals surface area contributed by atoms with Crippen LogP contribution in [-0.4, -0.2) is 116 Å². The van der Waals surface area contributed by atoms with E-state index in [1.54, 1.807) is 25.9 Å². The van der Waals surface area contributed by atoms with Crippen molar-refractivity contribution in [2.75, 3.05) is 32.7 Å². The SMILES string of the molecule is CCC(C)C(C(=O)NN(Cc1ccc(-c2ccccn2)cc1)CC(O)C(Cc1ccccc1)NC(=O)C(C(C)CC)N1CCN(Cc2cccc(C)n2)C1=O)N1CCNC1=O. The number of hydrogen-bond acceptors (Lipinski definition) is 8. The minimum atomic E-state index is -1.18. The predicted octanol–water partition coefficient (Wildman–Crippen LogP) is 5.17. The maximum absolute atomic E-state index is 14.6. The van der Waals surface area contributed by atoms with Gasteiger partial charge in [-0.25, -0.2) is 14.6 Å². The van der Waals surface area contributed by atoms with Crippen molar-refractivity contribution in [2.24, 2.45) is 11.8 Å². The second-order valence-corrected chi connectivity index (χ2v) is 16.4. The van der Waals surface area contributed by atoms with E-state index >= 15 is 0 Å². The number of aliphatic hydroxyl groups excluding tert-OH is 1. The lowest BCUT2D eigenvalue weighted by atomic mass is 9.95. The van der Waals surface area contributed by atoms with Gasteiger partial charge in [0.2, 0.25) is 5.91 Å². The third kappa shape index (κ3) is 11.5. The molecule has 2 aromatic heterocycles. The molecule has 4 aromatic rings. The van der Waals surface area contributed by atoms with Crippen LogP contribution in [0.4, 0.5) is 9.59 Å². The van der Waals surface area contributed by atoms with Gasteiger partial charge in [-0.15, -0.1) is 0 Å². The van der Waals surface area contributed by atoms with Crippen molar-refractivity contribution < 1.29 is 24.3 Å². The number of rotatable bonds is 20. The van der Waals surface area contributed by atoms with Crippen molar-refractivity contribution in [3.8, 4) is 11.3 Å². The van der Waals surface area contributed by atoms with E-state index in [0.717, 1.165) is 33.8 Å². The first-order chi connectivity index (χ1) is 29.4. The van der Waals surface area contributed by atoms with E-state index in [1.165, 1.54) is 0 Å². The Morgan fingerprint density at radius 3 is 2.16 bits per heavy atom. The zero-order valence-corrected chi connectivity index (χ0v) is 36.0. The molecule has 2 fully saturated rings. The molecule has 2 aromatic carbocycles. The monoisotopic (exact) mass is 831 g/mol. The molecule has 61 heavy (non-hydrogen) atoms. The Hall–Kier alpha value is -5.86. The summed E-state index contributed by atoms with van der Waals surface area (Å²) in [5, 5.41) is 19.9. The maximum atomic E-state index is 14.6. The maximum Gasteiger partial charge on any atom is 0.321 e. The van der Waals surface area contributed by atoms with Crippen LogP contribution in [0.3, 0.4) is 0 Å². The first-order valence-corrected chi connectivity index (χ1v) is 21.6. The number of carbonyl (C=O) groups excluding carboxylic acids is 4. The van der Waals surface area contributed by atoms with Crippen LogP contribution in [0.5, 0.6) is 0 Å². The second-order valence-electron chi connectivity index (χ2n) is 16.4. The highest BCUT2D eigenvalue weighted by Gasteiger charge is 2.41. The van der Waals surface area contributed by atoms with Crippen LogP contribution in [0, 0.1) is 18.8 Å². The molecule has 6 atom stereocenters. The van der Waals surface area contributed by atoms with Gasteiger partial charge in [0, 0.05) is 56.7 Å². The first-order valence-electron chi connectivity index (χ1n) is 21.6. The number of aromatic nitrogens is 2. The van der Waals surface area contributed by atoms with E-state index in [4.69, 9.17) is 0 Å². The number of amides is 6. The van der Waals surface area contributed by atoms with Crippen molar-refractivity contribution in [1.82, 2.24) is 45.7 Å². The molecule has 324 valence electrons. The fourth-order valence-electron chi connectivity index (χ4n) is 8.18. The number of aliphatic hydroxyl groups is 1. The number of pyridine rings is 2. The Labute approximate surface area is 359 Å². The average Bonchev–Trinajstić information content (AvgIpc) is 3.84. The third-order valence-corrected chi connectivity index (χ3v) is 11.9. The van der Waals surface area contributed by atoms with Crippen molar-refractivity contribution in [1.29, 1.82) is 0 Å². The number of nitrogens with one attached hydrogen (secondary N) is 3. The lowest BCUT2D eigenvalue weighted by Crippen LogP contribution is -2.59. The lowest BCUT2D eigenvalue weighted by Gasteiger charge is -2.36. The Bertz CT molecular complexity index is 2070. The highest BCUT2D eigenvalue weighted by Crippen LogP contribution is 2.24. The largest absolute Gasteiger partial charge is 0.390 e. The van der Waals surface area contributed by atoms with E-state index in [2.05, 4.69) is 26.0 Å². The third-order valence-electron chi connectivity index (χ3n) is 11.9. The molecule has 6 rings (SSSR count). The average molecular weight is 832 g/mol. The number of aryl methyl sites for hydroxylation is 1. The number of hydrogen-bond donors (Lipinski definition) is 4. The normalized spacial score (nSPS) is 17.1. The molecule has 2 aliphatic rings. The van der Waals surface area contributed by atoms with Gasteiger partial charge < -0.3 is 30.4 Å². The summed E-state index contributed by atoms with van der Waals surface area (Å²) >= 11 is 0. The summed E-state index contributed by atoms with van der Waals surface area (Å²) in [5.74, 6) is -1.04. The summed E-state index contributed by atoms with van der Waals surface area (Å²) in [7, 11) is 0. The Morgan fingerprint density at radius 2 is 1.52 bits per heavy atom. The number of benzene rings is 2. The van der Waals surface area contributed by atoms with E-state index in [-0.39, 0.29) is 48.8 Å². The van der Waals surface area contributed by atoms with E-state index < -0.39 is 24.2 Å². The number of urea groups is 2. The molecule has 4 N–H and O–H groups in total. The van der Waals surface area contributed by atoms with Crippen LogP contribution in [0.15, 0.2) is 97.2 Å². The highest BCUT2D eigenvalue weighted by molar-refractivity contribution is 5.89. The van der Waals surface area contributed by atoms with Crippen LogP contribution >= 0.6 is 0 Å². The van der Waals surface area contributed by atoms with Crippen molar-refractivity contribution in [2.45, 2.75) is 91.2 Å². The van der Waals surface area contributed by atoms with Gasteiger partial charge in [0.1, 0.15) is 12.1 Å². The number of carbonyl (C=O) groups is 4. The molecule has 2 saturated heterocycles. The van der Waals surface area contributed by atoms with Gasteiger partial charge in [-0.1, -0.05) is 107 Å². The smallest absolute Gasteiger partial charge is 0.321 e. The van der Waals surface area contributed by atoms with Gasteiger partial charge in [0.15, 0.2) is 0 Å². The molecule has 0 spiro atoms. The molecule has 0 bridgehead atoms. The van der Waals surface area contributed by atoms with Crippen molar-refractivity contribution >= 4 is 23.9 Å². The Morgan fingerprint density at radius 1 is 0.820 bits per heavy atom. The van der Waals surface area contributed by atoms with Crippen LogP contribution in [0.1, 0.15) is 63.1 Å². The molecule has 6 amide bonds. The molecular weight excluding hydrogens is 771 g/mol. The number of nitrogens with zero attached hydrogens (tertiary/aromatic N) is 6. The van der Waals surface area contributed by atoms with E-state index in [0.29, 0.717) is 52.0 Å². The van der Waals surface area contributed by atoms with Gasteiger partial charge >= 0.3 is 12.1 Å². The van der Waals surface area contributed by atoms with Gasteiger partial charge in [-0.3, -0.25) is 25.0 Å². The zero-order chi connectivity index (χ0) is 43.5.